The van der Waals surface area contributed by atoms with Gasteiger partial charge in [0, 0.05) is 51.0 Å². The number of amides is 1. The second-order valence-corrected chi connectivity index (χ2v) is 7.16. The molecular weight excluding hydrogens is 334 g/mol. The summed E-state index contributed by atoms with van der Waals surface area (Å²) >= 11 is 0. The normalized spacial score (nSPS) is 25.6. The first-order valence-electron chi connectivity index (χ1n) is 9.55. The Kier molecular flexibility index (Phi) is 5.62. The molecule has 0 N–H and O–H groups in total. The summed E-state index contributed by atoms with van der Waals surface area (Å²) in [6, 6.07) is 1.82. The summed E-state index contributed by atoms with van der Waals surface area (Å²) in [4.78, 5) is 27.6. The van der Waals surface area contributed by atoms with E-state index in [0.717, 1.165) is 58.1 Å². The summed E-state index contributed by atoms with van der Waals surface area (Å²) in [7, 11) is 0. The monoisotopic (exact) mass is 361 g/mol. The number of anilines is 1. The summed E-state index contributed by atoms with van der Waals surface area (Å²) in [6.45, 7) is 6.74. The fraction of sp³-hybridized carbons (Fsp3) is 0.722. The predicted octanol–water partition coefficient (Wildman–Crippen LogP) is 0.210. The summed E-state index contributed by atoms with van der Waals surface area (Å²) in [6.07, 6.45) is 5.64. The van der Waals surface area contributed by atoms with E-state index in [0.29, 0.717) is 25.7 Å². The molecule has 3 aliphatic rings. The van der Waals surface area contributed by atoms with Gasteiger partial charge in [-0.05, 0) is 25.5 Å². The summed E-state index contributed by atoms with van der Waals surface area (Å²) in [5.74, 6) is 1.34. The lowest BCUT2D eigenvalue weighted by Gasteiger charge is -2.38. The van der Waals surface area contributed by atoms with Gasteiger partial charge >= 0.3 is 0 Å². The zero-order valence-corrected chi connectivity index (χ0v) is 15.1. The summed E-state index contributed by atoms with van der Waals surface area (Å²) < 4.78 is 11.3. The van der Waals surface area contributed by atoms with Gasteiger partial charge in [0.25, 0.3) is 0 Å². The second kappa shape index (κ2) is 8.28. The fourth-order valence-electron chi connectivity index (χ4n) is 4.01. The topological polar surface area (TPSA) is 71.0 Å². The van der Waals surface area contributed by atoms with Gasteiger partial charge in [-0.2, -0.15) is 0 Å². The Morgan fingerprint density at radius 1 is 1.08 bits per heavy atom. The molecule has 1 unspecified atom stereocenters. The third kappa shape index (κ3) is 4.13. The number of carbonyl (C=O) groups is 1. The minimum Gasteiger partial charge on any atom is -0.350 e. The van der Waals surface area contributed by atoms with Crippen molar-refractivity contribution in [2.24, 2.45) is 5.92 Å². The van der Waals surface area contributed by atoms with Crippen LogP contribution >= 0.6 is 0 Å². The number of piperidine rings is 1. The van der Waals surface area contributed by atoms with Gasteiger partial charge in [0.15, 0.2) is 6.29 Å². The Bertz CT molecular complexity index is 588. The van der Waals surface area contributed by atoms with Gasteiger partial charge in [-0.3, -0.25) is 9.69 Å². The number of carbonyl (C=O) groups excluding carboxylic acids is 1. The molecule has 1 atom stereocenters. The van der Waals surface area contributed by atoms with E-state index < -0.39 is 0 Å². The van der Waals surface area contributed by atoms with Gasteiger partial charge in [-0.25, -0.2) is 9.97 Å². The quantitative estimate of drug-likeness (QED) is 0.759. The molecule has 4 heterocycles. The number of nitrogens with zero attached hydrogens (tertiary/aromatic N) is 5. The third-order valence-corrected chi connectivity index (χ3v) is 5.40. The van der Waals surface area contributed by atoms with Gasteiger partial charge in [0.1, 0.15) is 0 Å². The highest BCUT2D eigenvalue weighted by Gasteiger charge is 2.32. The van der Waals surface area contributed by atoms with Crippen molar-refractivity contribution < 1.29 is 14.3 Å². The summed E-state index contributed by atoms with van der Waals surface area (Å²) in [5, 5.41) is 0. The van der Waals surface area contributed by atoms with E-state index in [-0.39, 0.29) is 12.2 Å². The van der Waals surface area contributed by atoms with Crippen molar-refractivity contribution in [1.82, 2.24) is 19.8 Å². The first kappa shape index (κ1) is 17.6. The van der Waals surface area contributed by atoms with Crippen LogP contribution in [-0.4, -0.2) is 91.0 Å². The first-order chi connectivity index (χ1) is 12.8. The Balaban J connectivity index is 1.25. The molecule has 142 valence electrons. The fourth-order valence-corrected chi connectivity index (χ4v) is 4.01. The molecule has 0 saturated carbocycles. The lowest BCUT2D eigenvalue weighted by Crippen LogP contribution is -2.52. The molecule has 1 aromatic rings. The molecule has 0 spiro atoms. The van der Waals surface area contributed by atoms with Crippen LogP contribution in [-0.2, 0) is 14.3 Å². The molecule has 4 rings (SSSR count). The number of likely N-dealkylation sites (tertiary alicyclic amines) is 1. The number of piperazine rings is 1. The number of hydrogen-bond acceptors (Lipinski definition) is 7. The minimum absolute atomic E-state index is 0.0812. The molecule has 3 fully saturated rings. The first-order valence-corrected chi connectivity index (χ1v) is 9.55. The van der Waals surface area contributed by atoms with Crippen LogP contribution in [0.3, 0.4) is 0 Å². The zero-order valence-electron chi connectivity index (χ0n) is 15.1. The van der Waals surface area contributed by atoms with Crippen molar-refractivity contribution >= 4 is 11.9 Å². The Labute approximate surface area is 154 Å². The van der Waals surface area contributed by atoms with Gasteiger partial charge in [-0.15, -0.1) is 0 Å². The van der Waals surface area contributed by atoms with E-state index in [2.05, 4.69) is 19.8 Å². The van der Waals surface area contributed by atoms with Crippen LogP contribution in [0.4, 0.5) is 5.95 Å². The smallest absolute Gasteiger partial charge is 0.236 e. The maximum absolute atomic E-state index is 12.7. The van der Waals surface area contributed by atoms with Gasteiger partial charge in [-0.1, -0.05) is 0 Å². The number of aromatic nitrogens is 2. The maximum atomic E-state index is 12.7. The standard InChI is InChI=1S/C18H27N5O3/c24-16(14-21-6-1-3-15(13-21)17-25-11-12-26-17)22-7-9-23(10-8-22)18-19-4-2-5-20-18/h2,4-5,15,17H,1,3,6-14H2. The minimum atomic E-state index is -0.0812. The number of ether oxygens (including phenoxy) is 2. The Morgan fingerprint density at radius 3 is 2.54 bits per heavy atom. The molecule has 3 saturated heterocycles. The van der Waals surface area contributed by atoms with E-state index in [4.69, 9.17) is 9.47 Å². The molecule has 1 amide bonds. The van der Waals surface area contributed by atoms with Gasteiger partial charge in [0.05, 0.1) is 19.8 Å². The van der Waals surface area contributed by atoms with Crippen molar-refractivity contribution in [2.45, 2.75) is 19.1 Å². The van der Waals surface area contributed by atoms with Crippen molar-refractivity contribution in [3.05, 3.63) is 18.5 Å². The van der Waals surface area contributed by atoms with Crippen LogP contribution in [0.15, 0.2) is 18.5 Å². The number of rotatable bonds is 4. The average Bonchev–Trinajstić information content (AvgIpc) is 3.24. The maximum Gasteiger partial charge on any atom is 0.236 e. The SMILES string of the molecule is O=C(CN1CCCC(C2OCCO2)C1)N1CCN(c2ncccn2)CC1. The summed E-state index contributed by atoms with van der Waals surface area (Å²) in [5.41, 5.74) is 0. The largest absolute Gasteiger partial charge is 0.350 e. The molecule has 0 aliphatic carbocycles. The predicted molar refractivity (Wildman–Crippen MR) is 95.7 cm³/mol. The lowest BCUT2D eigenvalue weighted by molar-refractivity contribution is -0.135. The van der Waals surface area contributed by atoms with Crippen LogP contribution in [0.5, 0.6) is 0 Å². The van der Waals surface area contributed by atoms with Crippen LogP contribution in [0.1, 0.15) is 12.8 Å². The van der Waals surface area contributed by atoms with Crippen molar-refractivity contribution in [3.8, 4) is 0 Å². The van der Waals surface area contributed by atoms with Crippen LogP contribution in [0.2, 0.25) is 0 Å². The highest BCUT2D eigenvalue weighted by Crippen LogP contribution is 2.25. The van der Waals surface area contributed by atoms with Crippen LogP contribution < -0.4 is 4.90 Å². The molecule has 3 aliphatic heterocycles. The van der Waals surface area contributed by atoms with Gasteiger partial charge in [0.2, 0.25) is 11.9 Å². The Morgan fingerprint density at radius 2 is 1.81 bits per heavy atom. The molecule has 26 heavy (non-hydrogen) atoms. The lowest BCUT2D eigenvalue weighted by atomic mass is 9.97. The highest BCUT2D eigenvalue weighted by atomic mass is 16.7. The molecule has 8 nitrogen and oxygen atoms in total. The average molecular weight is 361 g/mol. The molecule has 0 bridgehead atoms. The van der Waals surface area contributed by atoms with E-state index in [1.807, 2.05) is 11.0 Å². The van der Waals surface area contributed by atoms with Crippen LogP contribution in [0.25, 0.3) is 0 Å². The highest BCUT2D eigenvalue weighted by molar-refractivity contribution is 5.78. The molecular formula is C18H27N5O3. The third-order valence-electron chi connectivity index (χ3n) is 5.40. The zero-order chi connectivity index (χ0) is 17.8. The van der Waals surface area contributed by atoms with Crippen molar-refractivity contribution in [3.63, 3.8) is 0 Å². The van der Waals surface area contributed by atoms with Gasteiger partial charge < -0.3 is 19.3 Å². The molecule has 8 heteroatoms. The molecule has 1 aromatic heterocycles. The Hall–Kier alpha value is -1.77. The van der Waals surface area contributed by atoms with E-state index in [9.17, 15) is 4.79 Å². The molecule has 0 aromatic carbocycles. The van der Waals surface area contributed by atoms with Crippen molar-refractivity contribution in [1.29, 1.82) is 0 Å². The van der Waals surface area contributed by atoms with Crippen LogP contribution in [0, 0.1) is 5.92 Å². The van der Waals surface area contributed by atoms with E-state index >= 15 is 0 Å². The van der Waals surface area contributed by atoms with E-state index in [1.54, 1.807) is 12.4 Å². The molecule has 0 radical (unpaired) electrons. The van der Waals surface area contributed by atoms with Crippen molar-refractivity contribution in [2.75, 3.05) is 63.9 Å². The second-order valence-electron chi connectivity index (χ2n) is 7.16. The number of hydrogen-bond donors (Lipinski definition) is 0. The van der Waals surface area contributed by atoms with E-state index in [1.165, 1.54) is 0 Å².